The third-order valence-electron chi connectivity index (χ3n) is 4.15. The predicted molar refractivity (Wildman–Crippen MR) is 97.6 cm³/mol. The van der Waals surface area contributed by atoms with Crippen molar-refractivity contribution in [2.24, 2.45) is 10.4 Å². The number of ether oxygens (including phenoxy) is 1. The van der Waals surface area contributed by atoms with E-state index in [1.807, 2.05) is 7.05 Å². The van der Waals surface area contributed by atoms with Gasteiger partial charge in [-0.15, -0.1) is 11.3 Å². The first kappa shape index (κ1) is 17.8. The van der Waals surface area contributed by atoms with Gasteiger partial charge < -0.3 is 15.0 Å². The van der Waals surface area contributed by atoms with E-state index in [1.165, 1.54) is 21.5 Å². The number of nitrogens with zero attached hydrogens (tertiary/aromatic N) is 2. The second-order valence-corrected chi connectivity index (χ2v) is 8.46. The maximum atomic E-state index is 5.50. The first-order valence-corrected chi connectivity index (χ1v) is 9.43. The molecule has 1 aliphatic carbocycles. The molecule has 1 aliphatic rings. The van der Waals surface area contributed by atoms with Gasteiger partial charge in [0.25, 0.3) is 0 Å². The van der Waals surface area contributed by atoms with Gasteiger partial charge in [-0.1, -0.05) is 0 Å². The van der Waals surface area contributed by atoms with E-state index in [-0.39, 0.29) is 0 Å². The van der Waals surface area contributed by atoms with Crippen molar-refractivity contribution in [3.05, 3.63) is 20.8 Å². The lowest BCUT2D eigenvalue weighted by atomic mass is 10.0. The van der Waals surface area contributed by atoms with Gasteiger partial charge in [-0.05, 0) is 59.7 Å². The molecule has 6 heteroatoms. The number of thiophene rings is 1. The molecule has 4 nitrogen and oxygen atoms in total. The van der Waals surface area contributed by atoms with E-state index in [1.54, 1.807) is 11.3 Å². The summed E-state index contributed by atoms with van der Waals surface area (Å²) in [4.78, 5) is 7.92. The Morgan fingerprint density at radius 1 is 1.50 bits per heavy atom. The molecule has 0 aliphatic heterocycles. The first-order chi connectivity index (χ1) is 10.6. The second kappa shape index (κ2) is 8.31. The van der Waals surface area contributed by atoms with Crippen LogP contribution in [-0.4, -0.2) is 44.7 Å². The molecule has 1 heterocycles. The van der Waals surface area contributed by atoms with Crippen molar-refractivity contribution < 1.29 is 4.74 Å². The van der Waals surface area contributed by atoms with E-state index in [9.17, 15) is 0 Å². The highest BCUT2D eigenvalue weighted by Gasteiger charge is 2.42. The van der Waals surface area contributed by atoms with Gasteiger partial charge in [0.1, 0.15) is 0 Å². The van der Waals surface area contributed by atoms with E-state index in [0.717, 1.165) is 38.7 Å². The van der Waals surface area contributed by atoms with Gasteiger partial charge >= 0.3 is 0 Å². The van der Waals surface area contributed by atoms with Gasteiger partial charge in [0, 0.05) is 38.7 Å². The highest BCUT2D eigenvalue weighted by molar-refractivity contribution is 9.11. The minimum absolute atomic E-state index is 0.428. The Balaban J connectivity index is 1.79. The molecule has 1 fully saturated rings. The van der Waals surface area contributed by atoms with Crippen molar-refractivity contribution in [1.82, 2.24) is 10.2 Å². The molecule has 0 radical (unpaired) electrons. The van der Waals surface area contributed by atoms with E-state index in [2.05, 4.69) is 57.2 Å². The van der Waals surface area contributed by atoms with Crippen LogP contribution in [0, 0.1) is 5.41 Å². The number of hydrogen-bond acceptors (Lipinski definition) is 3. The zero-order chi connectivity index (χ0) is 16.0. The molecule has 22 heavy (non-hydrogen) atoms. The summed E-state index contributed by atoms with van der Waals surface area (Å²) in [7, 11) is 3.94. The van der Waals surface area contributed by atoms with Gasteiger partial charge in [-0.3, -0.25) is 4.99 Å². The van der Waals surface area contributed by atoms with Crippen LogP contribution in [0.2, 0.25) is 0 Å². The molecule has 0 spiro atoms. The van der Waals surface area contributed by atoms with Crippen LogP contribution in [0.15, 0.2) is 20.9 Å². The van der Waals surface area contributed by atoms with Crippen LogP contribution in [0.25, 0.3) is 0 Å². The third-order valence-corrected chi connectivity index (χ3v) is 5.76. The molecule has 1 aromatic heterocycles. The fourth-order valence-electron chi connectivity index (χ4n) is 2.52. The summed E-state index contributed by atoms with van der Waals surface area (Å²) in [5.41, 5.74) is 0.428. The molecule has 0 unspecified atom stereocenters. The highest BCUT2D eigenvalue weighted by atomic mass is 79.9. The maximum Gasteiger partial charge on any atom is 0.193 e. The number of guanidine groups is 1. The lowest BCUT2D eigenvalue weighted by Crippen LogP contribution is -2.41. The Kier molecular flexibility index (Phi) is 6.71. The number of hydrogen-bond donors (Lipinski definition) is 1. The van der Waals surface area contributed by atoms with Gasteiger partial charge in [0.05, 0.1) is 10.3 Å². The smallest absolute Gasteiger partial charge is 0.193 e. The Morgan fingerprint density at radius 3 is 2.82 bits per heavy atom. The predicted octanol–water partition coefficient (Wildman–Crippen LogP) is 3.72. The average Bonchev–Trinajstić information content (AvgIpc) is 3.14. The van der Waals surface area contributed by atoms with Crippen molar-refractivity contribution in [1.29, 1.82) is 0 Å². The number of aliphatic imine (C=N–C) groups is 1. The molecular formula is C16H26BrN3OS. The average molecular weight is 388 g/mol. The van der Waals surface area contributed by atoms with Gasteiger partial charge in [0.15, 0.2) is 5.96 Å². The van der Waals surface area contributed by atoms with Crippen molar-refractivity contribution in [2.75, 3.05) is 33.9 Å². The summed E-state index contributed by atoms with van der Waals surface area (Å²) in [6, 6.07) is 4.25. The minimum atomic E-state index is 0.428. The number of rotatable bonds is 8. The normalized spacial score (nSPS) is 16.6. The lowest BCUT2D eigenvalue weighted by Gasteiger charge is -2.24. The minimum Gasteiger partial charge on any atom is -0.382 e. The highest BCUT2D eigenvalue weighted by Crippen LogP contribution is 2.48. The van der Waals surface area contributed by atoms with Crippen LogP contribution in [0.3, 0.4) is 0 Å². The van der Waals surface area contributed by atoms with Gasteiger partial charge in [-0.25, -0.2) is 0 Å². The Hall–Kier alpha value is -0.590. The van der Waals surface area contributed by atoms with Crippen LogP contribution in [0.4, 0.5) is 0 Å². The zero-order valence-corrected chi connectivity index (χ0v) is 16.1. The summed E-state index contributed by atoms with van der Waals surface area (Å²) in [6.45, 7) is 5.60. The van der Waals surface area contributed by atoms with Crippen LogP contribution in [0.1, 0.15) is 31.1 Å². The molecule has 1 aromatic rings. The van der Waals surface area contributed by atoms with Crippen LogP contribution in [-0.2, 0) is 11.3 Å². The van der Waals surface area contributed by atoms with Crippen LogP contribution < -0.4 is 5.32 Å². The molecular weight excluding hydrogens is 362 g/mol. The molecule has 1 N–H and O–H groups in total. The van der Waals surface area contributed by atoms with Crippen LogP contribution in [0.5, 0.6) is 0 Å². The molecule has 0 amide bonds. The fraction of sp³-hybridized carbons (Fsp3) is 0.688. The van der Waals surface area contributed by atoms with Crippen LogP contribution >= 0.6 is 27.3 Å². The SMILES string of the molecule is CCOCCC1(CNC(=NC)N(C)Cc2ccc(Br)s2)CC1. The van der Waals surface area contributed by atoms with E-state index < -0.39 is 0 Å². The van der Waals surface area contributed by atoms with E-state index >= 15 is 0 Å². The topological polar surface area (TPSA) is 36.9 Å². The number of halogens is 1. The molecule has 0 saturated heterocycles. The largest absolute Gasteiger partial charge is 0.382 e. The van der Waals surface area contributed by atoms with Gasteiger partial charge in [0.2, 0.25) is 0 Å². The van der Waals surface area contributed by atoms with E-state index in [0.29, 0.717) is 5.41 Å². The van der Waals surface area contributed by atoms with Crippen molar-refractivity contribution in [2.45, 2.75) is 32.7 Å². The zero-order valence-electron chi connectivity index (χ0n) is 13.7. The lowest BCUT2D eigenvalue weighted by molar-refractivity contribution is 0.128. The standard InChI is InChI=1S/C16H26BrN3OS/c1-4-21-10-9-16(7-8-16)12-19-15(18-2)20(3)11-13-5-6-14(17)22-13/h5-6H,4,7-12H2,1-3H3,(H,18,19). The summed E-state index contributed by atoms with van der Waals surface area (Å²) in [5.74, 6) is 0.965. The second-order valence-electron chi connectivity index (χ2n) is 5.91. The summed E-state index contributed by atoms with van der Waals surface area (Å²) < 4.78 is 6.67. The monoisotopic (exact) mass is 387 g/mol. The Labute approximate surface area is 146 Å². The van der Waals surface area contributed by atoms with E-state index in [4.69, 9.17) is 4.74 Å². The molecule has 0 atom stereocenters. The third kappa shape index (κ3) is 5.25. The molecule has 0 bridgehead atoms. The molecule has 1 saturated carbocycles. The first-order valence-electron chi connectivity index (χ1n) is 7.82. The molecule has 124 valence electrons. The molecule has 0 aromatic carbocycles. The van der Waals surface area contributed by atoms with Crippen molar-refractivity contribution in [3.63, 3.8) is 0 Å². The Bertz CT molecular complexity index is 499. The number of nitrogens with one attached hydrogen (secondary N) is 1. The van der Waals surface area contributed by atoms with Gasteiger partial charge in [-0.2, -0.15) is 0 Å². The summed E-state index contributed by atoms with van der Waals surface area (Å²) in [5, 5.41) is 3.54. The fourth-order valence-corrected chi connectivity index (χ4v) is 4.06. The maximum absolute atomic E-state index is 5.50. The summed E-state index contributed by atoms with van der Waals surface area (Å²) in [6.07, 6.45) is 3.74. The quantitative estimate of drug-likeness (QED) is 0.419. The van der Waals surface area contributed by atoms with Crippen molar-refractivity contribution >= 4 is 33.2 Å². The van der Waals surface area contributed by atoms with Crippen molar-refractivity contribution in [3.8, 4) is 0 Å². The summed E-state index contributed by atoms with van der Waals surface area (Å²) >= 11 is 5.28. The Morgan fingerprint density at radius 2 is 2.27 bits per heavy atom. The molecule has 2 rings (SSSR count).